The van der Waals surface area contributed by atoms with Crippen LogP contribution in [0.3, 0.4) is 0 Å². The third-order valence-corrected chi connectivity index (χ3v) is 3.43. The zero-order valence-electron chi connectivity index (χ0n) is 9.38. The van der Waals surface area contributed by atoms with E-state index in [1.165, 1.54) is 4.57 Å². The zero-order chi connectivity index (χ0) is 12.3. The number of carbonyl (C=O) groups is 2. The Morgan fingerprint density at radius 3 is 2.78 bits per heavy atom. The van der Waals surface area contributed by atoms with E-state index in [0.29, 0.717) is 5.69 Å². The molecular formula is C14H8N2O2. The highest BCUT2D eigenvalue weighted by Gasteiger charge is 2.29. The highest BCUT2D eigenvalue weighted by Crippen LogP contribution is 2.32. The Kier molecular flexibility index (Phi) is 1.61. The molecule has 0 aliphatic carbocycles. The molecule has 1 aromatic carbocycles. The van der Waals surface area contributed by atoms with Gasteiger partial charge in [0.15, 0.2) is 0 Å². The van der Waals surface area contributed by atoms with E-state index < -0.39 is 11.7 Å². The summed E-state index contributed by atoms with van der Waals surface area (Å²) < 4.78 is 1.50. The molecular weight excluding hydrogens is 228 g/mol. The van der Waals surface area contributed by atoms with Crippen molar-refractivity contribution in [3.63, 3.8) is 0 Å². The molecule has 4 nitrogen and oxygen atoms in total. The highest BCUT2D eigenvalue weighted by molar-refractivity contribution is 6.42. The van der Waals surface area contributed by atoms with Crippen LogP contribution in [0.4, 0.5) is 0 Å². The summed E-state index contributed by atoms with van der Waals surface area (Å²) in [6.07, 6.45) is 1.80. The van der Waals surface area contributed by atoms with Gasteiger partial charge in [-0.25, -0.2) is 0 Å². The van der Waals surface area contributed by atoms with Gasteiger partial charge in [0.2, 0.25) is 5.78 Å². The number of hydrogen-bond donors (Lipinski definition) is 0. The van der Waals surface area contributed by atoms with E-state index in [-0.39, 0.29) is 6.42 Å². The normalized spacial score (nSPS) is 14.7. The summed E-state index contributed by atoms with van der Waals surface area (Å²) in [4.78, 5) is 28.0. The van der Waals surface area contributed by atoms with Crippen molar-refractivity contribution in [3.05, 3.63) is 42.2 Å². The quantitative estimate of drug-likeness (QED) is 0.560. The van der Waals surface area contributed by atoms with Crippen LogP contribution in [0.25, 0.3) is 21.8 Å². The predicted octanol–water partition coefficient (Wildman–Crippen LogP) is 1.95. The van der Waals surface area contributed by atoms with Gasteiger partial charge in [-0.2, -0.15) is 0 Å². The van der Waals surface area contributed by atoms with Gasteiger partial charge in [0.05, 0.1) is 23.1 Å². The van der Waals surface area contributed by atoms with Gasteiger partial charge in [-0.15, -0.1) is 0 Å². The summed E-state index contributed by atoms with van der Waals surface area (Å²) in [5.41, 5.74) is 2.25. The summed E-state index contributed by atoms with van der Waals surface area (Å²) in [6.45, 7) is 0. The molecule has 0 unspecified atom stereocenters. The molecule has 18 heavy (non-hydrogen) atoms. The zero-order valence-corrected chi connectivity index (χ0v) is 9.38. The first-order valence-electron chi connectivity index (χ1n) is 5.72. The Morgan fingerprint density at radius 1 is 1.06 bits per heavy atom. The van der Waals surface area contributed by atoms with Crippen molar-refractivity contribution < 1.29 is 9.59 Å². The maximum Gasteiger partial charge on any atom is 0.299 e. The lowest BCUT2D eigenvalue weighted by atomic mass is 10.1. The fourth-order valence-electron chi connectivity index (χ4n) is 2.67. The molecule has 3 heterocycles. The summed E-state index contributed by atoms with van der Waals surface area (Å²) in [7, 11) is 0. The fourth-order valence-corrected chi connectivity index (χ4v) is 2.67. The van der Waals surface area contributed by atoms with E-state index in [4.69, 9.17) is 0 Å². The largest absolute Gasteiger partial charge is 0.299 e. The number of aromatic nitrogens is 2. The summed E-state index contributed by atoms with van der Waals surface area (Å²) in [5.74, 6) is -0.856. The SMILES string of the molecule is O=C1Cc2nccc3c4ccccc4n(c23)C1=O. The Balaban J connectivity index is 2.36. The monoisotopic (exact) mass is 236 g/mol. The maximum atomic E-state index is 12.1. The number of carbonyl (C=O) groups excluding carboxylic acids is 2. The molecule has 1 aliphatic heterocycles. The lowest BCUT2D eigenvalue weighted by Gasteiger charge is -2.12. The number of para-hydroxylation sites is 1. The third kappa shape index (κ3) is 0.977. The number of pyridine rings is 1. The molecule has 0 saturated carbocycles. The fraction of sp³-hybridized carbons (Fsp3) is 0.0714. The number of ketones is 1. The Labute approximate surface area is 102 Å². The number of fused-ring (bicyclic) bond motifs is 3. The molecule has 4 heteroatoms. The van der Waals surface area contributed by atoms with Crippen LogP contribution in [0.2, 0.25) is 0 Å². The average Bonchev–Trinajstić information content (AvgIpc) is 2.73. The van der Waals surface area contributed by atoms with Crippen LogP contribution in [-0.4, -0.2) is 21.2 Å². The molecule has 86 valence electrons. The first-order valence-corrected chi connectivity index (χ1v) is 5.72. The first-order chi connectivity index (χ1) is 8.77. The Bertz CT molecular complexity index is 845. The molecule has 0 spiro atoms. The van der Waals surface area contributed by atoms with Crippen molar-refractivity contribution in [1.82, 2.24) is 9.55 Å². The number of benzene rings is 1. The van der Waals surface area contributed by atoms with E-state index in [1.54, 1.807) is 6.20 Å². The molecule has 2 aromatic heterocycles. The molecule has 0 bridgehead atoms. The maximum absolute atomic E-state index is 12.1. The van der Waals surface area contributed by atoms with Gasteiger partial charge in [0.25, 0.3) is 5.91 Å². The van der Waals surface area contributed by atoms with Crippen LogP contribution < -0.4 is 0 Å². The van der Waals surface area contributed by atoms with E-state index in [0.717, 1.165) is 21.8 Å². The minimum absolute atomic E-state index is 0.104. The van der Waals surface area contributed by atoms with Crippen LogP contribution in [0.15, 0.2) is 36.5 Å². The standard InChI is InChI=1S/C14H8N2O2/c17-12-7-10-13-9(5-6-15-10)8-3-1-2-4-11(8)16(13)14(12)18/h1-6H,7H2. The Morgan fingerprint density at radius 2 is 1.89 bits per heavy atom. The van der Waals surface area contributed by atoms with Gasteiger partial charge in [0, 0.05) is 17.0 Å². The van der Waals surface area contributed by atoms with Crippen LogP contribution in [0.1, 0.15) is 10.5 Å². The van der Waals surface area contributed by atoms with Crippen LogP contribution in [0.5, 0.6) is 0 Å². The van der Waals surface area contributed by atoms with E-state index in [9.17, 15) is 9.59 Å². The highest BCUT2D eigenvalue weighted by atomic mass is 16.2. The second-order valence-electron chi connectivity index (χ2n) is 4.41. The second-order valence-corrected chi connectivity index (χ2v) is 4.41. The molecule has 0 atom stereocenters. The van der Waals surface area contributed by atoms with Crippen LogP contribution in [-0.2, 0) is 11.2 Å². The minimum Gasteiger partial charge on any atom is -0.288 e. The van der Waals surface area contributed by atoms with Gasteiger partial charge in [0.1, 0.15) is 0 Å². The number of nitrogens with zero attached hydrogens (tertiary/aromatic N) is 2. The minimum atomic E-state index is -0.457. The number of Topliss-reactive ketones (excluding diaryl/α,β-unsaturated/α-hetero) is 1. The number of rotatable bonds is 0. The predicted molar refractivity (Wildman–Crippen MR) is 66.6 cm³/mol. The topological polar surface area (TPSA) is 52.0 Å². The Hall–Kier alpha value is -2.49. The molecule has 3 aromatic rings. The summed E-state index contributed by atoms with van der Waals surface area (Å²) in [5, 5.41) is 1.97. The van der Waals surface area contributed by atoms with Crippen molar-refractivity contribution in [1.29, 1.82) is 0 Å². The van der Waals surface area contributed by atoms with Gasteiger partial charge in [-0.1, -0.05) is 18.2 Å². The third-order valence-electron chi connectivity index (χ3n) is 3.43. The molecule has 0 radical (unpaired) electrons. The van der Waals surface area contributed by atoms with Crippen molar-refractivity contribution in [2.24, 2.45) is 0 Å². The molecule has 0 fully saturated rings. The smallest absolute Gasteiger partial charge is 0.288 e. The molecule has 0 N–H and O–H groups in total. The lowest BCUT2D eigenvalue weighted by Crippen LogP contribution is -2.28. The van der Waals surface area contributed by atoms with Gasteiger partial charge in [-0.3, -0.25) is 19.1 Å². The molecule has 0 amide bonds. The second kappa shape index (κ2) is 3.04. The summed E-state index contributed by atoms with van der Waals surface area (Å²) in [6, 6.07) is 9.50. The van der Waals surface area contributed by atoms with Crippen molar-refractivity contribution in [2.45, 2.75) is 6.42 Å². The first kappa shape index (κ1) is 9.53. The van der Waals surface area contributed by atoms with E-state index >= 15 is 0 Å². The van der Waals surface area contributed by atoms with E-state index in [2.05, 4.69) is 4.98 Å². The lowest BCUT2D eigenvalue weighted by molar-refractivity contribution is -0.115. The molecule has 1 aliphatic rings. The van der Waals surface area contributed by atoms with Gasteiger partial charge >= 0.3 is 0 Å². The van der Waals surface area contributed by atoms with E-state index in [1.807, 2.05) is 30.3 Å². The summed E-state index contributed by atoms with van der Waals surface area (Å²) >= 11 is 0. The van der Waals surface area contributed by atoms with Crippen molar-refractivity contribution >= 4 is 33.5 Å². The molecule has 0 saturated heterocycles. The van der Waals surface area contributed by atoms with Crippen LogP contribution >= 0.6 is 0 Å². The van der Waals surface area contributed by atoms with Crippen molar-refractivity contribution in [3.8, 4) is 0 Å². The van der Waals surface area contributed by atoms with Crippen LogP contribution in [0, 0.1) is 0 Å². The average molecular weight is 236 g/mol. The van der Waals surface area contributed by atoms with Crippen molar-refractivity contribution in [2.75, 3.05) is 0 Å². The van der Waals surface area contributed by atoms with Gasteiger partial charge in [-0.05, 0) is 12.1 Å². The number of hydrogen-bond acceptors (Lipinski definition) is 3. The van der Waals surface area contributed by atoms with Gasteiger partial charge < -0.3 is 0 Å². The molecule has 4 rings (SSSR count).